The van der Waals surface area contributed by atoms with Crippen LogP contribution in [-0.2, 0) is 11.3 Å². The number of carbonyl (C=O) groups excluding carboxylic acids is 2. The second-order valence-electron chi connectivity index (χ2n) is 6.11. The third-order valence-corrected chi connectivity index (χ3v) is 4.39. The number of ketones is 1. The highest BCUT2D eigenvalue weighted by Crippen LogP contribution is 2.18. The first-order valence-electron chi connectivity index (χ1n) is 8.65. The van der Waals surface area contributed by atoms with E-state index in [1.165, 1.54) is 0 Å². The lowest BCUT2D eigenvalue weighted by Gasteiger charge is -2.08. The van der Waals surface area contributed by atoms with Gasteiger partial charge in [-0.15, -0.1) is 0 Å². The smallest absolute Gasteiger partial charge is 0.251 e. The van der Waals surface area contributed by atoms with Crippen molar-refractivity contribution < 1.29 is 19.1 Å². The predicted octanol–water partition coefficient (Wildman–Crippen LogP) is 2.91. The highest BCUT2D eigenvalue weighted by molar-refractivity contribution is 6.03. The first kappa shape index (κ1) is 18.7. The summed E-state index contributed by atoms with van der Waals surface area (Å²) >= 11 is 0. The summed E-state index contributed by atoms with van der Waals surface area (Å²) in [6.07, 6.45) is 1.97. The van der Waals surface area contributed by atoms with E-state index in [2.05, 4.69) is 5.32 Å². The van der Waals surface area contributed by atoms with Gasteiger partial charge in [0, 0.05) is 36.5 Å². The fourth-order valence-electron chi connectivity index (χ4n) is 2.85. The van der Waals surface area contributed by atoms with Gasteiger partial charge in [-0.05, 0) is 47.9 Å². The molecule has 2 aromatic carbocycles. The van der Waals surface area contributed by atoms with Crippen molar-refractivity contribution in [2.75, 3.05) is 27.4 Å². The van der Waals surface area contributed by atoms with Crippen LogP contribution in [0.3, 0.4) is 0 Å². The topological polar surface area (TPSA) is 69.6 Å². The first-order chi connectivity index (χ1) is 13.1. The van der Waals surface area contributed by atoms with Gasteiger partial charge >= 0.3 is 0 Å². The van der Waals surface area contributed by atoms with Gasteiger partial charge in [0.05, 0.1) is 20.3 Å². The van der Waals surface area contributed by atoms with Crippen LogP contribution in [0.2, 0.25) is 0 Å². The fraction of sp³-hybridized carbons (Fsp3) is 0.238. The molecule has 0 radical (unpaired) electrons. The van der Waals surface area contributed by atoms with Crippen molar-refractivity contribution in [2.45, 2.75) is 6.54 Å². The van der Waals surface area contributed by atoms with Crippen LogP contribution in [-0.4, -0.2) is 43.6 Å². The summed E-state index contributed by atoms with van der Waals surface area (Å²) in [7, 11) is 3.23. The number of ether oxygens (including phenoxy) is 2. The Morgan fingerprint density at radius 3 is 2.44 bits per heavy atom. The molecular formula is C21H22N2O4. The largest absolute Gasteiger partial charge is 0.497 e. The van der Waals surface area contributed by atoms with Gasteiger partial charge < -0.3 is 19.4 Å². The van der Waals surface area contributed by atoms with E-state index < -0.39 is 0 Å². The van der Waals surface area contributed by atoms with Gasteiger partial charge in [0.1, 0.15) is 5.75 Å². The fourth-order valence-corrected chi connectivity index (χ4v) is 2.85. The van der Waals surface area contributed by atoms with E-state index in [4.69, 9.17) is 9.47 Å². The molecule has 3 aromatic rings. The van der Waals surface area contributed by atoms with Crippen LogP contribution in [0, 0.1) is 0 Å². The van der Waals surface area contributed by atoms with Gasteiger partial charge in [0.25, 0.3) is 5.91 Å². The Balaban J connectivity index is 1.67. The van der Waals surface area contributed by atoms with Crippen molar-refractivity contribution in [1.29, 1.82) is 0 Å². The van der Waals surface area contributed by atoms with E-state index in [0.29, 0.717) is 30.0 Å². The van der Waals surface area contributed by atoms with E-state index >= 15 is 0 Å². The van der Waals surface area contributed by atoms with Crippen molar-refractivity contribution in [3.63, 3.8) is 0 Å². The third-order valence-electron chi connectivity index (χ3n) is 4.39. The SMILES string of the molecule is COCCn1ccc2ccc(C(=O)NCC(=O)c3ccc(OC)cc3)cc21. The second-order valence-corrected chi connectivity index (χ2v) is 6.11. The predicted molar refractivity (Wildman–Crippen MR) is 103 cm³/mol. The molecule has 1 amide bonds. The molecule has 6 nitrogen and oxygen atoms in total. The molecule has 0 spiro atoms. The van der Waals surface area contributed by atoms with Crippen LogP contribution in [0.1, 0.15) is 20.7 Å². The molecule has 1 N–H and O–H groups in total. The molecule has 0 atom stereocenters. The molecule has 0 fully saturated rings. The molecule has 27 heavy (non-hydrogen) atoms. The zero-order chi connectivity index (χ0) is 19.2. The minimum atomic E-state index is -0.279. The van der Waals surface area contributed by atoms with Crippen LogP contribution in [0.25, 0.3) is 10.9 Å². The average Bonchev–Trinajstić information content (AvgIpc) is 3.12. The number of amides is 1. The van der Waals surface area contributed by atoms with Crippen molar-refractivity contribution in [3.8, 4) is 5.75 Å². The summed E-state index contributed by atoms with van der Waals surface area (Å²) in [5.41, 5.74) is 2.00. The minimum Gasteiger partial charge on any atom is -0.497 e. The molecule has 3 rings (SSSR count). The Morgan fingerprint density at radius 1 is 1.00 bits per heavy atom. The molecule has 6 heteroatoms. The summed E-state index contributed by atoms with van der Waals surface area (Å²) in [6, 6.07) is 14.3. The molecule has 1 aromatic heterocycles. The number of benzene rings is 2. The van der Waals surface area contributed by atoms with E-state index in [-0.39, 0.29) is 18.2 Å². The maximum absolute atomic E-state index is 12.5. The van der Waals surface area contributed by atoms with Gasteiger partial charge in [-0.1, -0.05) is 6.07 Å². The molecule has 1 heterocycles. The van der Waals surface area contributed by atoms with Gasteiger partial charge in [0.2, 0.25) is 0 Å². The van der Waals surface area contributed by atoms with E-state index in [9.17, 15) is 9.59 Å². The molecule has 140 valence electrons. The lowest BCUT2D eigenvalue weighted by molar-refractivity contribution is 0.0904. The number of hydrogen-bond acceptors (Lipinski definition) is 4. The normalized spacial score (nSPS) is 10.7. The van der Waals surface area contributed by atoms with E-state index in [1.54, 1.807) is 44.6 Å². The lowest BCUT2D eigenvalue weighted by atomic mass is 10.1. The number of aromatic nitrogens is 1. The molecule has 0 aliphatic rings. The summed E-state index contributed by atoms with van der Waals surface area (Å²) in [6.45, 7) is 1.24. The van der Waals surface area contributed by atoms with Crippen LogP contribution >= 0.6 is 0 Å². The number of fused-ring (bicyclic) bond motifs is 1. The summed E-state index contributed by atoms with van der Waals surface area (Å²) < 4.78 is 12.2. The number of hydrogen-bond donors (Lipinski definition) is 1. The van der Waals surface area contributed by atoms with Gasteiger partial charge in [-0.2, -0.15) is 0 Å². The number of Topliss-reactive ketones (excluding diaryl/α,β-unsaturated/α-hetero) is 1. The molecule has 0 aliphatic carbocycles. The Morgan fingerprint density at radius 2 is 1.74 bits per heavy atom. The van der Waals surface area contributed by atoms with Crippen LogP contribution < -0.4 is 10.1 Å². The minimum absolute atomic E-state index is 0.0616. The number of methoxy groups -OCH3 is 2. The quantitative estimate of drug-likeness (QED) is 0.623. The van der Waals surface area contributed by atoms with Crippen molar-refractivity contribution in [2.24, 2.45) is 0 Å². The summed E-state index contributed by atoms with van der Waals surface area (Å²) in [5, 5.41) is 3.74. The molecule has 0 unspecified atom stereocenters. The Bertz CT molecular complexity index is 944. The highest BCUT2D eigenvalue weighted by atomic mass is 16.5. The Kier molecular flexibility index (Phi) is 5.88. The van der Waals surface area contributed by atoms with Crippen LogP contribution in [0.15, 0.2) is 54.7 Å². The first-order valence-corrected chi connectivity index (χ1v) is 8.65. The lowest BCUT2D eigenvalue weighted by Crippen LogP contribution is -2.29. The third kappa shape index (κ3) is 4.35. The molecule has 0 aliphatic heterocycles. The second kappa shape index (κ2) is 8.51. The van der Waals surface area contributed by atoms with E-state index in [1.807, 2.05) is 29.0 Å². The average molecular weight is 366 g/mol. The number of carbonyl (C=O) groups is 2. The molecule has 0 saturated carbocycles. The monoisotopic (exact) mass is 366 g/mol. The maximum atomic E-state index is 12.5. The van der Waals surface area contributed by atoms with Crippen molar-refractivity contribution in [1.82, 2.24) is 9.88 Å². The molecule has 0 saturated heterocycles. The van der Waals surface area contributed by atoms with E-state index in [0.717, 1.165) is 10.9 Å². The van der Waals surface area contributed by atoms with Gasteiger partial charge in [-0.25, -0.2) is 0 Å². The summed E-state index contributed by atoms with van der Waals surface area (Å²) in [4.78, 5) is 24.7. The van der Waals surface area contributed by atoms with Crippen LogP contribution in [0.4, 0.5) is 0 Å². The number of nitrogens with one attached hydrogen (secondary N) is 1. The van der Waals surface area contributed by atoms with Crippen molar-refractivity contribution in [3.05, 3.63) is 65.9 Å². The van der Waals surface area contributed by atoms with Gasteiger partial charge in [-0.3, -0.25) is 9.59 Å². The standard InChI is InChI=1S/C21H22N2O4/c1-26-12-11-23-10-9-15-3-4-17(13-19(15)23)21(25)22-14-20(24)16-5-7-18(27-2)8-6-16/h3-10,13H,11-12,14H2,1-2H3,(H,22,25). The maximum Gasteiger partial charge on any atom is 0.251 e. The zero-order valence-electron chi connectivity index (χ0n) is 15.4. The number of nitrogens with zero attached hydrogens (tertiary/aromatic N) is 1. The Labute approximate surface area is 157 Å². The van der Waals surface area contributed by atoms with Gasteiger partial charge in [0.15, 0.2) is 5.78 Å². The zero-order valence-corrected chi connectivity index (χ0v) is 15.4. The number of rotatable bonds is 8. The molecule has 0 bridgehead atoms. The summed E-state index contributed by atoms with van der Waals surface area (Å²) in [5.74, 6) is 0.245. The van der Waals surface area contributed by atoms with Crippen LogP contribution in [0.5, 0.6) is 5.75 Å². The Hall–Kier alpha value is -3.12. The highest BCUT2D eigenvalue weighted by Gasteiger charge is 2.12. The molecular weight excluding hydrogens is 344 g/mol. The van der Waals surface area contributed by atoms with Crippen molar-refractivity contribution >= 4 is 22.6 Å².